The van der Waals surface area contributed by atoms with Crippen LogP contribution in [0.2, 0.25) is 10.0 Å². The lowest BCUT2D eigenvalue weighted by Crippen LogP contribution is -2.34. The first-order valence-corrected chi connectivity index (χ1v) is 7.53. The third-order valence-electron chi connectivity index (χ3n) is 3.90. The Labute approximate surface area is 124 Å². The molecule has 1 aliphatic rings. The van der Waals surface area contributed by atoms with Crippen molar-refractivity contribution in [2.75, 3.05) is 13.1 Å². The van der Waals surface area contributed by atoms with E-state index in [9.17, 15) is 4.79 Å². The van der Waals surface area contributed by atoms with Crippen molar-refractivity contribution in [1.29, 1.82) is 0 Å². The molecule has 0 aromatic heterocycles. The topological polar surface area (TPSA) is 29.1 Å². The van der Waals surface area contributed by atoms with Crippen LogP contribution in [0.25, 0.3) is 0 Å². The van der Waals surface area contributed by atoms with Gasteiger partial charge >= 0.3 is 0 Å². The normalized spacial score (nSPS) is 21.1. The van der Waals surface area contributed by atoms with E-state index < -0.39 is 0 Å². The van der Waals surface area contributed by atoms with Crippen LogP contribution in [0.15, 0.2) is 18.2 Å². The molecule has 1 fully saturated rings. The van der Waals surface area contributed by atoms with Gasteiger partial charge in [0.05, 0.1) is 10.0 Å². The van der Waals surface area contributed by atoms with Crippen molar-refractivity contribution in [3.63, 3.8) is 0 Å². The van der Waals surface area contributed by atoms with Gasteiger partial charge in [0.2, 0.25) is 0 Å². The Kier molecular flexibility index (Phi) is 5.26. The number of hydrogen-bond acceptors (Lipinski definition) is 2. The summed E-state index contributed by atoms with van der Waals surface area (Å²) < 4.78 is 0. The Balaban J connectivity index is 2.02. The van der Waals surface area contributed by atoms with E-state index in [4.69, 9.17) is 23.2 Å². The minimum atomic E-state index is 0.0885. The number of nitrogens with one attached hydrogen (secondary N) is 1. The fourth-order valence-electron chi connectivity index (χ4n) is 2.65. The second-order valence-electron chi connectivity index (χ2n) is 5.31. The summed E-state index contributed by atoms with van der Waals surface area (Å²) in [6, 6.07) is 5.23. The zero-order valence-corrected chi connectivity index (χ0v) is 12.6. The molecule has 0 saturated carbocycles. The average Bonchev–Trinajstić information content (AvgIpc) is 2.42. The van der Waals surface area contributed by atoms with Gasteiger partial charge < -0.3 is 5.32 Å². The number of rotatable bonds is 4. The van der Waals surface area contributed by atoms with Gasteiger partial charge in [-0.1, -0.05) is 36.2 Å². The Morgan fingerprint density at radius 3 is 2.95 bits per heavy atom. The average molecular weight is 300 g/mol. The third-order valence-corrected chi connectivity index (χ3v) is 4.72. The number of hydrogen-bond donors (Lipinski definition) is 1. The summed E-state index contributed by atoms with van der Waals surface area (Å²) in [5.41, 5.74) is 0.546. The molecule has 2 atom stereocenters. The van der Waals surface area contributed by atoms with Crippen LogP contribution in [-0.2, 0) is 0 Å². The van der Waals surface area contributed by atoms with Crippen LogP contribution in [0, 0.1) is 11.8 Å². The summed E-state index contributed by atoms with van der Waals surface area (Å²) >= 11 is 12.0. The van der Waals surface area contributed by atoms with Crippen LogP contribution in [0.4, 0.5) is 0 Å². The Bertz CT molecular complexity index is 455. The fraction of sp³-hybridized carbons (Fsp3) is 0.533. The van der Waals surface area contributed by atoms with Crippen molar-refractivity contribution in [3.05, 3.63) is 33.8 Å². The van der Waals surface area contributed by atoms with Gasteiger partial charge in [0.15, 0.2) is 5.78 Å². The lowest BCUT2D eigenvalue weighted by atomic mass is 9.83. The van der Waals surface area contributed by atoms with Crippen molar-refractivity contribution in [1.82, 2.24) is 5.32 Å². The Morgan fingerprint density at radius 2 is 2.26 bits per heavy atom. The predicted molar refractivity (Wildman–Crippen MR) is 80.2 cm³/mol. The summed E-state index contributed by atoms with van der Waals surface area (Å²) in [4.78, 5) is 12.3. The van der Waals surface area contributed by atoms with Crippen LogP contribution in [0.3, 0.4) is 0 Å². The molecule has 1 aromatic rings. The summed E-state index contributed by atoms with van der Waals surface area (Å²) in [5.74, 6) is 1.04. The molecule has 1 aromatic carbocycles. The summed E-state index contributed by atoms with van der Waals surface area (Å²) in [5, 5.41) is 4.21. The molecule has 0 aliphatic carbocycles. The maximum absolute atomic E-state index is 12.3. The maximum atomic E-state index is 12.3. The highest BCUT2D eigenvalue weighted by molar-refractivity contribution is 6.43. The first-order valence-electron chi connectivity index (χ1n) is 6.77. The zero-order chi connectivity index (χ0) is 13.8. The van der Waals surface area contributed by atoms with Gasteiger partial charge in [-0.3, -0.25) is 4.79 Å². The van der Waals surface area contributed by atoms with E-state index >= 15 is 0 Å². The lowest BCUT2D eigenvalue weighted by Gasteiger charge is -2.28. The number of carbonyl (C=O) groups excluding carboxylic acids is 1. The molecule has 1 heterocycles. The summed E-state index contributed by atoms with van der Waals surface area (Å²) in [6.45, 7) is 4.25. The second kappa shape index (κ2) is 6.74. The highest BCUT2D eigenvalue weighted by Gasteiger charge is 2.23. The number of Topliss-reactive ketones (excluding diaryl/α,β-unsaturated/α-hetero) is 1. The molecule has 0 amide bonds. The molecule has 2 rings (SSSR count). The van der Waals surface area contributed by atoms with E-state index in [1.165, 1.54) is 12.8 Å². The fourth-order valence-corrected chi connectivity index (χ4v) is 3.06. The molecule has 2 nitrogen and oxygen atoms in total. The summed E-state index contributed by atoms with van der Waals surface area (Å²) in [7, 11) is 0. The van der Waals surface area contributed by atoms with E-state index in [1.54, 1.807) is 18.2 Å². The van der Waals surface area contributed by atoms with Crippen molar-refractivity contribution in [2.24, 2.45) is 11.8 Å². The molecule has 0 radical (unpaired) electrons. The van der Waals surface area contributed by atoms with E-state index in [2.05, 4.69) is 12.2 Å². The van der Waals surface area contributed by atoms with Gasteiger partial charge in [0.1, 0.15) is 0 Å². The highest BCUT2D eigenvalue weighted by atomic mass is 35.5. The number of benzene rings is 1. The van der Waals surface area contributed by atoms with Gasteiger partial charge in [-0.25, -0.2) is 0 Å². The van der Waals surface area contributed by atoms with Crippen molar-refractivity contribution in [3.8, 4) is 0 Å². The lowest BCUT2D eigenvalue weighted by molar-refractivity contribution is 0.0943. The van der Waals surface area contributed by atoms with Crippen molar-refractivity contribution < 1.29 is 4.79 Å². The number of carbonyl (C=O) groups is 1. The van der Waals surface area contributed by atoms with Crippen LogP contribution in [0.1, 0.15) is 36.5 Å². The van der Waals surface area contributed by atoms with E-state index in [1.807, 2.05) is 0 Å². The SMILES string of the molecule is CC(CC(=O)c1cccc(Cl)c1Cl)C1CCCNC1. The molecule has 0 spiro atoms. The molecular formula is C15H19Cl2NO. The first kappa shape index (κ1) is 14.8. The minimum Gasteiger partial charge on any atom is -0.316 e. The predicted octanol–water partition coefficient (Wildman–Crippen LogP) is 4.20. The Hall–Kier alpha value is -0.570. The van der Waals surface area contributed by atoms with E-state index in [-0.39, 0.29) is 5.78 Å². The van der Waals surface area contributed by atoms with E-state index in [0.717, 1.165) is 13.1 Å². The van der Waals surface area contributed by atoms with Gasteiger partial charge in [-0.15, -0.1) is 0 Å². The minimum absolute atomic E-state index is 0.0885. The smallest absolute Gasteiger partial charge is 0.164 e. The van der Waals surface area contributed by atoms with Gasteiger partial charge in [0, 0.05) is 12.0 Å². The third kappa shape index (κ3) is 3.71. The van der Waals surface area contributed by atoms with Gasteiger partial charge in [-0.05, 0) is 49.9 Å². The largest absolute Gasteiger partial charge is 0.316 e. The number of ketones is 1. The monoisotopic (exact) mass is 299 g/mol. The zero-order valence-electron chi connectivity index (χ0n) is 11.1. The molecule has 1 N–H and O–H groups in total. The van der Waals surface area contributed by atoms with Gasteiger partial charge in [0.25, 0.3) is 0 Å². The maximum Gasteiger partial charge on any atom is 0.164 e. The molecule has 4 heteroatoms. The van der Waals surface area contributed by atoms with Crippen LogP contribution in [0.5, 0.6) is 0 Å². The molecule has 1 saturated heterocycles. The molecule has 0 bridgehead atoms. The van der Waals surface area contributed by atoms with Gasteiger partial charge in [-0.2, -0.15) is 0 Å². The van der Waals surface area contributed by atoms with Crippen LogP contribution in [-0.4, -0.2) is 18.9 Å². The number of piperidine rings is 1. The van der Waals surface area contributed by atoms with E-state index in [0.29, 0.717) is 33.9 Å². The van der Waals surface area contributed by atoms with Crippen molar-refractivity contribution in [2.45, 2.75) is 26.2 Å². The molecular weight excluding hydrogens is 281 g/mol. The molecule has 104 valence electrons. The molecule has 2 unspecified atom stereocenters. The summed E-state index contributed by atoms with van der Waals surface area (Å²) in [6.07, 6.45) is 2.93. The van der Waals surface area contributed by atoms with Crippen LogP contribution < -0.4 is 5.32 Å². The standard InChI is InChI=1S/C15H19Cl2NO/c1-10(11-4-3-7-18-9-11)8-14(19)12-5-2-6-13(16)15(12)17/h2,5-6,10-11,18H,3-4,7-9H2,1H3. The first-order chi connectivity index (χ1) is 9.09. The highest BCUT2D eigenvalue weighted by Crippen LogP contribution is 2.29. The quantitative estimate of drug-likeness (QED) is 0.844. The number of halogens is 2. The molecule has 19 heavy (non-hydrogen) atoms. The second-order valence-corrected chi connectivity index (χ2v) is 6.10. The van der Waals surface area contributed by atoms with Crippen LogP contribution >= 0.6 is 23.2 Å². The molecule has 1 aliphatic heterocycles. The Morgan fingerprint density at radius 1 is 1.47 bits per heavy atom. The van der Waals surface area contributed by atoms with Crippen molar-refractivity contribution >= 4 is 29.0 Å².